The Morgan fingerprint density at radius 1 is 1.03 bits per heavy atom. The molecule has 0 aliphatic carbocycles. The van der Waals surface area contributed by atoms with E-state index in [1.807, 2.05) is 66.7 Å². The van der Waals surface area contributed by atoms with Gasteiger partial charge in [0.15, 0.2) is 0 Å². The summed E-state index contributed by atoms with van der Waals surface area (Å²) >= 11 is 0. The van der Waals surface area contributed by atoms with Gasteiger partial charge in [0.05, 0.1) is 31.4 Å². The number of methoxy groups -OCH3 is 1. The second-order valence-electron chi connectivity index (χ2n) is 7.56. The third kappa shape index (κ3) is 3.70. The number of nitrogens with zero attached hydrogens (tertiary/aromatic N) is 4. The van der Waals surface area contributed by atoms with Gasteiger partial charge in [0, 0.05) is 24.1 Å². The molecule has 5 rings (SSSR count). The quantitative estimate of drug-likeness (QED) is 0.500. The Morgan fingerprint density at radius 2 is 1.87 bits per heavy atom. The van der Waals surface area contributed by atoms with E-state index >= 15 is 0 Å². The van der Waals surface area contributed by atoms with E-state index in [1.165, 1.54) is 0 Å². The Kier molecular flexibility index (Phi) is 4.78. The minimum atomic E-state index is -0.0660. The van der Waals surface area contributed by atoms with E-state index in [4.69, 9.17) is 9.47 Å². The molecule has 7 nitrogen and oxygen atoms in total. The zero-order valence-electron chi connectivity index (χ0n) is 17.4. The molecule has 0 atom stereocenters. The highest BCUT2D eigenvalue weighted by Crippen LogP contribution is 2.25. The summed E-state index contributed by atoms with van der Waals surface area (Å²) in [6, 6.07) is 21.2. The SMILES string of the molecule is COc1cccc(-c2cc(C(=O)N3CC(Oc4ccc5ccccc5n4)C3)n(C)n2)c1. The van der Waals surface area contributed by atoms with Crippen LogP contribution in [0.1, 0.15) is 10.5 Å². The largest absolute Gasteiger partial charge is 0.497 e. The van der Waals surface area contributed by atoms with Crippen molar-refractivity contribution in [1.82, 2.24) is 19.7 Å². The first-order chi connectivity index (χ1) is 15.1. The minimum Gasteiger partial charge on any atom is -0.497 e. The molecular formula is C24H22N4O3. The lowest BCUT2D eigenvalue weighted by Crippen LogP contribution is -2.56. The predicted octanol–water partition coefficient (Wildman–Crippen LogP) is 3.55. The molecule has 3 heterocycles. The highest BCUT2D eigenvalue weighted by Gasteiger charge is 2.34. The van der Waals surface area contributed by atoms with E-state index in [9.17, 15) is 4.79 Å². The smallest absolute Gasteiger partial charge is 0.272 e. The number of para-hydroxylation sites is 1. The van der Waals surface area contributed by atoms with Crippen molar-refractivity contribution in [3.8, 4) is 22.9 Å². The molecule has 0 saturated carbocycles. The van der Waals surface area contributed by atoms with Crippen molar-refractivity contribution in [2.75, 3.05) is 20.2 Å². The zero-order chi connectivity index (χ0) is 21.4. The number of carbonyl (C=O) groups is 1. The number of pyridine rings is 1. The van der Waals surface area contributed by atoms with Crippen LogP contribution in [-0.2, 0) is 7.05 Å². The van der Waals surface area contributed by atoms with Gasteiger partial charge in [-0.05, 0) is 30.3 Å². The number of likely N-dealkylation sites (tertiary alicyclic amines) is 1. The number of hydrogen-bond acceptors (Lipinski definition) is 5. The van der Waals surface area contributed by atoms with Crippen molar-refractivity contribution >= 4 is 16.8 Å². The van der Waals surface area contributed by atoms with Crippen molar-refractivity contribution in [3.05, 3.63) is 72.4 Å². The van der Waals surface area contributed by atoms with Gasteiger partial charge in [0.1, 0.15) is 17.5 Å². The van der Waals surface area contributed by atoms with Crippen LogP contribution in [0, 0.1) is 0 Å². The number of carbonyl (C=O) groups excluding carboxylic acids is 1. The summed E-state index contributed by atoms with van der Waals surface area (Å²) in [6.45, 7) is 1.04. The highest BCUT2D eigenvalue weighted by molar-refractivity contribution is 5.94. The molecule has 4 aromatic rings. The molecule has 1 amide bonds. The number of hydrogen-bond donors (Lipinski definition) is 0. The molecule has 1 aliphatic heterocycles. The van der Waals surface area contributed by atoms with Crippen LogP contribution in [0.3, 0.4) is 0 Å². The molecular weight excluding hydrogens is 392 g/mol. The lowest BCUT2D eigenvalue weighted by Gasteiger charge is -2.38. The Labute approximate surface area is 179 Å². The minimum absolute atomic E-state index is 0.0598. The van der Waals surface area contributed by atoms with Gasteiger partial charge in [-0.3, -0.25) is 9.48 Å². The molecule has 0 unspecified atom stereocenters. The van der Waals surface area contributed by atoms with Crippen LogP contribution in [0.2, 0.25) is 0 Å². The first-order valence-electron chi connectivity index (χ1n) is 10.1. The fraction of sp³-hybridized carbons (Fsp3) is 0.208. The van der Waals surface area contributed by atoms with Gasteiger partial charge in [-0.1, -0.05) is 30.3 Å². The van der Waals surface area contributed by atoms with Gasteiger partial charge >= 0.3 is 0 Å². The summed E-state index contributed by atoms with van der Waals surface area (Å²) in [5.74, 6) is 1.27. The lowest BCUT2D eigenvalue weighted by molar-refractivity contribution is 0.0153. The van der Waals surface area contributed by atoms with E-state index in [1.54, 1.807) is 23.7 Å². The Morgan fingerprint density at radius 3 is 2.71 bits per heavy atom. The van der Waals surface area contributed by atoms with Gasteiger partial charge in [0.2, 0.25) is 5.88 Å². The fourth-order valence-corrected chi connectivity index (χ4v) is 3.72. The number of amides is 1. The Balaban J connectivity index is 1.25. The molecule has 31 heavy (non-hydrogen) atoms. The molecule has 0 N–H and O–H groups in total. The topological polar surface area (TPSA) is 69.5 Å². The molecule has 1 aliphatic rings. The molecule has 2 aromatic carbocycles. The summed E-state index contributed by atoms with van der Waals surface area (Å²) in [4.78, 5) is 19.3. The van der Waals surface area contributed by atoms with Gasteiger partial charge < -0.3 is 14.4 Å². The van der Waals surface area contributed by atoms with Crippen molar-refractivity contribution in [3.63, 3.8) is 0 Å². The van der Waals surface area contributed by atoms with Gasteiger partial charge in [-0.25, -0.2) is 4.98 Å². The molecule has 0 bridgehead atoms. The number of ether oxygens (including phenoxy) is 2. The number of fused-ring (bicyclic) bond motifs is 1. The highest BCUT2D eigenvalue weighted by atomic mass is 16.5. The average Bonchev–Trinajstić information content (AvgIpc) is 3.17. The Bertz CT molecular complexity index is 1260. The van der Waals surface area contributed by atoms with Crippen LogP contribution >= 0.6 is 0 Å². The third-order valence-electron chi connectivity index (χ3n) is 5.46. The maximum atomic E-state index is 13.0. The molecule has 1 saturated heterocycles. The molecule has 1 fully saturated rings. The maximum absolute atomic E-state index is 13.0. The van der Waals surface area contributed by atoms with E-state index in [0.717, 1.165) is 27.9 Å². The van der Waals surface area contributed by atoms with Crippen LogP contribution in [0.5, 0.6) is 11.6 Å². The van der Waals surface area contributed by atoms with Crippen LogP contribution in [0.15, 0.2) is 66.7 Å². The lowest BCUT2D eigenvalue weighted by atomic mass is 10.1. The first kappa shape index (κ1) is 19.1. The van der Waals surface area contributed by atoms with E-state index in [2.05, 4.69) is 10.1 Å². The zero-order valence-corrected chi connectivity index (χ0v) is 17.4. The molecule has 0 radical (unpaired) electrons. The number of aromatic nitrogens is 3. The molecule has 156 valence electrons. The van der Waals surface area contributed by atoms with E-state index in [-0.39, 0.29) is 12.0 Å². The third-order valence-corrected chi connectivity index (χ3v) is 5.46. The summed E-state index contributed by atoms with van der Waals surface area (Å²) in [6.07, 6.45) is -0.0660. The van der Waals surface area contributed by atoms with Crippen molar-refractivity contribution < 1.29 is 14.3 Å². The summed E-state index contributed by atoms with van der Waals surface area (Å²) < 4.78 is 12.9. The van der Waals surface area contributed by atoms with Crippen molar-refractivity contribution in [1.29, 1.82) is 0 Å². The Hall–Kier alpha value is -3.87. The van der Waals surface area contributed by atoms with E-state index in [0.29, 0.717) is 24.7 Å². The second kappa shape index (κ2) is 7.75. The number of aryl methyl sites for hydroxylation is 1. The van der Waals surface area contributed by atoms with Gasteiger partial charge in [-0.15, -0.1) is 0 Å². The summed E-state index contributed by atoms with van der Waals surface area (Å²) in [7, 11) is 3.41. The fourth-order valence-electron chi connectivity index (χ4n) is 3.72. The van der Waals surface area contributed by atoms with Crippen molar-refractivity contribution in [2.24, 2.45) is 7.05 Å². The van der Waals surface area contributed by atoms with Crippen LogP contribution < -0.4 is 9.47 Å². The van der Waals surface area contributed by atoms with Gasteiger partial charge in [0.25, 0.3) is 5.91 Å². The maximum Gasteiger partial charge on any atom is 0.272 e. The summed E-state index contributed by atoms with van der Waals surface area (Å²) in [5, 5.41) is 5.58. The number of rotatable bonds is 5. The normalized spacial score (nSPS) is 13.8. The second-order valence-corrected chi connectivity index (χ2v) is 7.56. The predicted molar refractivity (Wildman–Crippen MR) is 117 cm³/mol. The number of benzene rings is 2. The van der Waals surface area contributed by atoms with Crippen LogP contribution in [-0.4, -0.2) is 51.9 Å². The molecule has 7 heteroatoms. The van der Waals surface area contributed by atoms with Crippen molar-refractivity contribution in [2.45, 2.75) is 6.10 Å². The monoisotopic (exact) mass is 414 g/mol. The van der Waals surface area contributed by atoms with E-state index < -0.39 is 0 Å². The standard InChI is InChI=1S/C24H22N4O3/c1-27-22(13-21(26-27)17-7-5-8-18(12-17)30-2)24(29)28-14-19(15-28)31-23-11-10-16-6-3-4-9-20(16)25-23/h3-13,19H,14-15H2,1-2H3. The average molecular weight is 414 g/mol. The first-order valence-corrected chi connectivity index (χ1v) is 10.1. The molecule has 2 aromatic heterocycles. The van der Waals surface area contributed by atoms with Crippen LogP contribution in [0.25, 0.3) is 22.2 Å². The molecule has 0 spiro atoms. The summed E-state index contributed by atoms with van der Waals surface area (Å²) in [5.41, 5.74) is 3.08. The van der Waals surface area contributed by atoms with Gasteiger partial charge in [-0.2, -0.15) is 5.10 Å². The van der Waals surface area contributed by atoms with Crippen LogP contribution in [0.4, 0.5) is 0 Å².